The van der Waals surface area contributed by atoms with Gasteiger partial charge in [0.1, 0.15) is 0 Å². The standard InChI is InChI=1S/C13H24N2O2/c16-15(17)13(9-5-2-6-10-13)11-14-12-7-3-1-4-8-12/h12,14H,1-11H2. The first-order valence-corrected chi connectivity index (χ1v) is 7.11. The first-order chi connectivity index (χ1) is 8.23. The van der Waals surface area contributed by atoms with Crippen molar-refractivity contribution >= 4 is 0 Å². The molecule has 0 aromatic heterocycles. The molecule has 2 aliphatic rings. The lowest BCUT2D eigenvalue weighted by atomic mass is 9.81. The van der Waals surface area contributed by atoms with Crippen molar-refractivity contribution in [3.05, 3.63) is 10.1 Å². The quantitative estimate of drug-likeness (QED) is 0.607. The van der Waals surface area contributed by atoms with Crippen LogP contribution in [0.3, 0.4) is 0 Å². The van der Waals surface area contributed by atoms with Crippen LogP contribution in [0.2, 0.25) is 0 Å². The maximum atomic E-state index is 11.3. The highest BCUT2D eigenvalue weighted by atomic mass is 16.6. The summed E-state index contributed by atoms with van der Waals surface area (Å²) in [5.41, 5.74) is -0.657. The molecule has 0 spiro atoms. The van der Waals surface area contributed by atoms with Gasteiger partial charge in [0.2, 0.25) is 5.54 Å². The molecule has 0 heterocycles. The van der Waals surface area contributed by atoms with Crippen molar-refractivity contribution in [2.24, 2.45) is 0 Å². The molecule has 2 rings (SSSR count). The fourth-order valence-corrected chi connectivity index (χ4v) is 3.27. The second-order valence-electron chi connectivity index (χ2n) is 5.76. The topological polar surface area (TPSA) is 55.2 Å². The molecule has 0 aliphatic heterocycles. The predicted octanol–water partition coefficient (Wildman–Crippen LogP) is 2.89. The fraction of sp³-hybridized carbons (Fsp3) is 1.00. The molecular weight excluding hydrogens is 216 g/mol. The Bertz CT molecular complexity index is 256. The van der Waals surface area contributed by atoms with Crippen LogP contribution in [0.15, 0.2) is 0 Å². The van der Waals surface area contributed by atoms with E-state index in [0.29, 0.717) is 12.6 Å². The molecule has 4 heteroatoms. The van der Waals surface area contributed by atoms with Crippen LogP contribution < -0.4 is 5.32 Å². The smallest absolute Gasteiger partial charge is 0.234 e. The van der Waals surface area contributed by atoms with Crippen molar-refractivity contribution < 1.29 is 4.92 Å². The molecule has 98 valence electrons. The van der Waals surface area contributed by atoms with Gasteiger partial charge in [-0.25, -0.2) is 0 Å². The average molecular weight is 240 g/mol. The molecule has 1 N–H and O–H groups in total. The molecule has 0 aromatic rings. The van der Waals surface area contributed by atoms with Crippen LogP contribution in [-0.2, 0) is 0 Å². The minimum atomic E-state index is -0.657. The van der Waals surface area contributed by atoms with E-state index in [1.807, 2.05) is 0 Å². The monoisotopic (exact) mass is 240 g/mol. The molecule has 0 aromatic carbocycles. The first kappa shape index (κ1) is 12.8. The Kier molecular flexibility index (Phi) is 4.37. The SMILES string of the molecule is O=[N+]([O-])C1(CNC2CCCCC2)CCCCC1. The van der Waals surface area contributed by atoms with Crippen LogP contribution in [0.5, 0.6) is 0 Å². The van der Waals surface area contributed by atoms with E-state index >= 15 is 0 Å². The summed E-state index contributed by atoms with van der Waals surface area (Å²) in [5, 5.41) is 14.8. The van der Waals surface area contributed by atoms with Crippen molar-refractivity contribution in [1.29, 1.82) is 0 Å². The highest BCUT2D eigenvalue weighted by Gasteiger charge is 2.43. The molecule has 0 amide bonds. The molecular formula is C13H24N2O2. The summed E-state index contributed by atoms with van der Waals surface area (Å²) in [5.74, 6) is 0. The number of rotatable bonds is 4. The normalized spacial score (nSPS) is 25.6. The maximum Gasteiger partial charge on any atom is 0.234 e. The van der Waals surface area contributed by atoms with Gasteiger partial charge in [0.15, 0.2) is 0 Å². The molecule has 2 aliphatic carbocycles. The van der Waals surface area contributed by atoms with E-state index in [1.165, 1.54) is 38.5 Å². The Balaban J connectivity index is 1.86. The Labute approximate surface area is 103 Å². The second-order valence-corrected chi connectivity index (χ2v) is 5.76. The van der Waals surface area contributed by atoms with Gasteiger partial charge in [-0.15, -0.1) is 0 Å². The first-order valence-electron chi connectivity index (χ1n) is 7.11. The van der Waals surface area contributed by atoms with Gasteiger partial charge in [0.25, 0.3) is 0 Å². The van der Waals surface area contributed by atoms with Gasteiger partial charge in [0.05, 0.1) is 6.54 Å². The molecule has 0 bridgehead atoms. The summed E-state index contributed by atoms with van der Waals surface area (Å²) in [6.07, 6.45) is 11.0. The van der Waals surface area contributed by atoms with E-state index in [1.54, 1.807) is 0 Å². The molecule has 2 fully saturated rings. The Morgan fingerprint density at radius 3 is 2.24 bits per heavy atom. The van der Waals surface area contributed by atoms with Crippen LogP contribution >= 0.6 is 0 Å². The van der Waals surface area contributed by atoms with Crippen molar-refractivity contribution in [2.75, 3.05) is 6.54 Å². The molecule has 17 heavy (non-hydrogen) atoms. The van der Waals surface area contributed by atoms with Crippen molar-refractivity contribution in [3.8, 4) is 0 Å². The number of nitro groups is 1. The summed E-state index contributed by atoms with van der Waals surface area (Å²) < 4.78 is 0. The van der Waals surface area contributed by atoms with E-state index in [2.05, 4.69) is 5.32 Å². The summed E-state index contributed by atoms with van der Waals surface area (Å²) in [6.45, 7) is 0.588. The van der Waals surface area contributed by atoms with Gasteiger partial charge >= 0.3 is 0 Å². The maximum absolute atomic E-state index is 11.3. The lowest BCUT2D eigenvalue weighted by Gasteiger charge is -2.32. The third-order valence-corrected chi connectivity index (χ3v) is 4.50. The molecule has 0 radical (unpaired) electrons. The predicted molar refractivity (Wildman–Crippen MR) is 67.7 cm³/mol. The number of hydrogen-bond acceptors (Lipinski definition) is 3. The average Bonchev–Trinajstić information content (AvgIpc) is 2.38. The second kappa shape index (κ2) is 5.80. The largest absolute Gasteiger partial charge is 0.307 e. The lowest BCUT2D eigenvalue weighted by Crippen LogP contribution is -2.51. The minimum absolute atomic E-state index is 0.0119. The third-order valence-electron chi connectivity index (χ3n) is 4.50. The Morgan fingerprint density at radius 2 is 1.65 bits per heavy atom. The van der Waals surface area contributed by atoms with Crippen molar-refractivity contribution in [3.63, 3.8) is 0 Å². The van der Waals surface area contributed by atoms with Gasteiger partial charge in [-0.05, 0) is 25.7 Å². The van der Waals surface area contributed by atoms with Gasteiger partial charge in [-0.3, -0.25) is 10.1 Å². The van der Waals surface area contributed by atoms with Gasteiger partial charge < -0.3 is 5.32 Å². The Hall–Kier alpha value is -0.640. The highest BCUT2D eigenvalue weighted by Crippen LogP contribution is 2.31. The molecule has 0 atom stereocenters. The van der Waals surface area contributed by atoms with Gasteiger partial charge in [0, 0.05) is 23.8 Å². The van der Waals surface area contributed by atoms with Crippen molar-refractivity contribution in [2.45, 2.75) is 75.8 Å². The van der Waals surface area contributed by atoms with Crippen molar-refractivity contribution in [1.82, 2.24) is 5.32 Å². The van der Waals surface area contributed by atoms with Crippen LogP contribution in [0.1, 0.15) is 64.2 Å². The van der Waals surface area contributed by atoms with E-state index in [0.717, 1.165) is 25.7 Å². The van der Waals surface area contributed by atoms with E-state index in [9.17, 15) is 10.1 Å². The van der Waals surface area contributed by atoms with E-state index in [-0.39, 0.29) is 4.92 Å². The van der Waals surface area contributed by atoms with Crippen LogP contribution in [0.25, 0.3) is 0 Å². The Morgan fingerprint density at radius 1 is 1.06 bits per heavy atom. The molecule has 4 nitrogen and oxygen atoms in total. The zero-order valence-corrected chi connectivity index (χ0v) is 10.6. The summed E-state index contributed by atoms with van der Waals surface area (Å²) in [4.78, 5) is 11.3. The third kappa shape index (κ3) is 3.18. The summed E-state index contributed by atoms with van der Waals surface area (Å²) in [6, 6.07) is 0.530. The molecule has 0 saturated heterocycles. The van der Waals surface area contributed by atoms with Crippen LogP contribution in [0.4, 0.5) is 0 Å². The zero-order chi connectivity index (χ0) is 12.1. The number of nitrogens with one attached hydrogen (secondary N) is 1. The molecule has 2 saturated carbocycles. The van der Waals surface area contributed by atoms with E-state index in [4.69, 9.17) is 0 Å². The van der Waals surface area contributed by atoms with Gasteiger partial charge in [-0.2, -0.15) is 0 Å². The van der Waals surface area contributed by atoms with Crippen LogP contribution in [0, 0.1) is 10.1 Å². The van der Waals surface area contributed by atoms with Crippen LogP contribution in [-0.4, -0.2) is 23.0 Å². The number of nitrogens with zero attached hydrogens (tertiary/aromatic N) is 1. The summed E-state index contributed by atoms with van der Waals surface area (Å²) in [7, 11) is 0. The zero-order valence-electron chi connectivity index (χ0n) is 10.6. The number of hydrogen-bond donors (Lipinski definition) is 1. The molecule has 0 unspecified atom stereocenters. The van der Waals surface area contributed by atoms with Gasteiger partial charge in [-0.1, -0.05) is 25.7 Å². The highest BCUT2D eigenvalue weighted by molar-refractivity contribution is 4.87. The van der Waals surface area contributed by atoms with E-state index < -0.39 is 5.54 Å². The summed E-state index contributed by atoms with van der Waals surface area (Å²) >= 11 is 0. The fourth-order valence-electron chi connectivity index (χ4n) is 3.27. The minimum Gasteiger partial charge on any atom is -0.307 e. The lowest BCUT2D eigenvalue weighted by molar-refractivity contribution is -0.572.